The zero-order chi connectivity index (χ0) is 24.5. The first-order valence-corrected chi connectivity index (χ1v) is 13.0. The maximum Gasteiger partial charge on any atom is 0.229 e. The number of nitrogens with zero attached hydrogens (tertiary/aromatic N) is 3. The van der Waals surface area contributed by atoms with Gasteiger partial charge in [0.2, 0.25) is 11.9 Å². The van der Waals surface area contributed by atoms with Crippen LogP contribution in [0.2, 0.25) is 0 Å². The van der Waals surface area contributed by atoms with E-state index in [2.05, 4.69) is 36.9 Å². The third-order valence-electron chi connectivity index (χ3n) is 5.74. The molecule has 0 saturated carbocycles. The summed E-state index contributed by atoms with van der Waals surface area (Å²) in [6, 6.07) is 9.84. The number of amides is 1. The van der Waals surface area contributed by atoms with E-state index < -0.39 is 0 Å². The number of halogens is 1. The molecule has 0 aliphatic carbocycles. The first-order chi connectivity index (χ1) is 16.1. The molecule has 0 radical (unpaired) electrons. The number of carbonyl (C=O) groups is 1. The number of hydrogen-bond donors (Lipinski definition) is 2. The fraction of sp³-hybridized carbons (Fsp3) is 0.440. The summed E-state index contributed by atoms with van der Waals surface area (Å²) in [6.45, 7) is 10.7. The summed E-state index contributed by atoms with van der Waals surface area (Å²) in [5.41, 5.74) is 2.42. The van der Waals surface area contributed by atoms with E-state index in [1.54, 1.807) is 17.5 Å². The Labute approximate surface area is 212 Å². The molecular weight excluding hydrogens is 514 g/mol. The summed E-state index contributed by atoms with van der Waals surface area (Å²) in [5.74, 6) is 0.0822. The highest BCUT2D eigenvalue weighted by molar-refractivity contribution is 9.10. The predicted octanol–water partition coefficient (Wildman–Crippen LogP) is 5.57. The summed E-state index contributed by atoms with van der Waals surface area (Å²) in [4.78, 5) is 26.6. The van der Waals surface area contributed by atoms with Crippen molar-refractivity contribution in [1.29, 1.82) is 0 Å². The summed E-state index contributed by atoms with van der Waals surface area (Å²) in [5, 5.41) is 9.32. The van der Waals surface area contributed by atoms with E-state index in [-0.39, 0.29) is 35.5 Å². The van der Waals surface area contributed by atoms with E-state index in [1.165, 1.54) is 0 Å². The normalized spacial score (nSPS) is 20.1. The summed E-state index contributed by atoms with van der Waals surface area (Å²) >= 11 is 5.06. The Bertz CT molecular complexity index is 1140. The van der Waals surface area contributed by atoms with Crippen LogP contribution in [0.3, 0.4) is 0 Å². The summed E-state index contributed by atoms with van der Waals surface area (Å²) in [7, 11) is 0. The highest BCUT2D eigenvalue weighted by Crippen LogP contribution is 2.34. The lowest BCUT2D eigenvalue weighted by Gasteiger charge is -2.30. The molecule has 1 aromatic carbocycles. The first-order valence-electron chi connectivity index (χ1n) is 11.4. The van der Waals surface area contributed by atoms with Gasteiger partial charge in [0, 0.05) is 34.1 Å². The molecule has 1 unspecified atom stereocenters. The molecule has 4 atom stereocenters. The third-order valence-corrected chi connectivity index (χ3v) is 7.29. The molecule has 1 aliphatic heterocycles. The lowest BCUT2D eigenvalue weighted by atomic mass is 9.88. The van der Waals surface area contributed by atoms with Crippen LogP contribution >= 0.6 is 27.3 Å². The topological polar surface area (TPSA) is 89.0 Å². The average Bonchev–Trinajstić information content (AvgIpc) is 3.40. The van der Waals surface area contributed by atoms with Crippen LogP contribution in [0.25, 0.3) is 11.3 Å². The van der Waals surface area contributed by atoms with Crippen molar-refractivity contribution in [3.05, 3.63) is 57.1 Å². The standard InChI is InChI=1S/C25H30BrN5O2S/c1-14(23-30-20(13-34-23)16-6-8-17(26)9-7-16)29-24-27-11-10-19(31-24)21-18(12-28-22(21)32)15(2)33-25(3,4)5/h6-11,13-15,18,21H,12H2,1-5H3,(H,28,32)(H,27,29,31)/t14-,15+,18?,21+/m0/s1. The highest BCUT2D eigenvalue weighted by Gasteiger charge is 2.41. The van der Waals surface area contributed by atoms with Gasteiger partial charge in [0.25, 0.3) is 0 Å². The van der Waals surface area contributed by atoms with Crippen molar-refractivity contribution in [2.24, 2.45) is 5.92 Å². The number of benzene rings is 1. The molecule has 3 heterocycles. The van der Waals surface area contributed by atoms with Gasteiger partial charge in [0.15, 0.2) is 0 Å². The molecule has 2 N–H and O–H groups in total. The van der Waals surface area contributed by atoms with Gasteiger partial charge in [-0.2, -0.15) is 0 Å². The molecule has 3 aromatic rings. The van der Waals surface area contributed by atoms with Crippen molar-refractivity contribution in [3.8, 4) is 11.3 Å². The van der Waals surface area contributed by atoms with Crippen LogP contribution < -0.4 is 10.6 Å². The lowest BCUT2D eigenvalue weighted by Crippen LogP contribution is -2.34. The number of nitrogens with one attached hydrogen (secondary N) is 2. The Balaban J connectivity index is 1.49. The van der Waals surface area contributed by atoms with Gasteiger partial charge in [-0.3, -0.25) is 4.79 Å². The molecule has 9 heteroatoms. The van der Waals surface area contributed by atoms with Gasteiger partial charge in [0.1, 0.15) is 5.01 Å². The monoisotopic (exact) mass is 543 g/mol. The number of thiazole rings is 1. The molecule has 1 amide bonds. The van der Waals surface area contributed by atoms with E-state index >= 15 is 0 Å². The van der Waals surface area contributed by atoms with Crippen LogP contribution in [-0.4, -0.2) is 39.1 Å². The lowest BCUT2D eigenvalue weighted by molar-refractivity contribution is -0.122. The van der Waals surface area contributed by atoms with Crippen LogP contribution in [0.15, 0.2) is 46.4 Å². The largest absolute Gasteiger partial charge is 0.373 e. The summed E-state index contributed by atoms with van der Waals surface area (Å²) < 4.78 is 7.20. The second-order valence-corrected chi connectivity index (χ2v) is 11.4. The molecule has 1 fully saturated rings. The van der Waals surface area contributed by atoms with Crippen molar-refractivity contribution >= 4 is 39.1 Å². The molecule has 7 nitrogen and oxygen atoms in total. The van der Waals surface area contributed by atoms with Gasteiger partial charge in [-0.15, -0.1) is 11.3 Å². The van der Waals surface area contributed by atoms with Crippen LogP contribution in [0.4, 0.5) is 5.95 Å². The molecule has 0 bridgehead atoms. The van der Waals surface area contributed by atoms with Crippen molar-refractivity contribution in [3.63, 3.8) is 0 Å². The fourth-order valence-electron chi connectivity index (χ4n) is 4.19. The quantitative estimate of drug-likeness (QED) is 0.405. The predicted molar refractivity (Wildman–Crippen MR) is 139 cm³/mol. The number of hydrogen-bond acceptors (Lipinski definition) is 7. The van der Waals surface area contributed by atoms with Gasteiger partial charge in [-0.1, -0.05) is 28.1 Å². The first kappa shape index (κ1) is 24.8. The zero-order valence-corrected chi connectivity index (χ0v) is 22.4. The number of ether oxygens (including phenoxy) is 1. The molecule has 2 aromatic heterocycles. The van der Waals surface area contributed by atoms with Gasteiger partial charge >= 0.3 is 0 Å². The van der Waals surface area contributed by atoms with E-state index in [0.717, 1.165) is 20.7 Å². The number of rotatable bonds is 7. The molecule has 180 valence electrons. The maximum atomic E-state index is 12.7. The SMILES string of the molecule is C[C@H](Nc1nccc([C@@H]2C(=O)NCC2[C@@H](C)OC(C)(C)C)n1)c1nc(-c2ccc(Br)cc2)cs1. The average molecular weight is 545 g/mol. The van der Waals surface area contributed by atoms with Crippen LogP contribution in [-0.2, 0) is 9.53 Å². The van der Waals surface area contributed by atoms with Crippen LogP contribution in [0.5, 0.6) is 0 Å². The Morgan fingerprint density at radius 2 is 1.91 bits per heavy atom. The Morgan fingerprint density at radius 3 is 2.62 bits per heavy atom. The smallest absolute Gasteiger partial charge is 0.229 e. The Morgan fingerprint density at radius 1 is 1.18 bits per heavy atom. The second kappa shape index (κ2) is 10.1. The fourth-order valence-corrected chi connectivity index (χ4v) is 5.29. The minimum Gasteiger partial charge on any atom is -0.373 e. The third kappa shape index (κ3) is 5.82. The van der Waals surface area contributed by atoms with Crippen LogP contribution in [0.1, 0.15) is 57.3 Å². The van der Waals surface area contributed by atoms with Crippen LogP contribution in [0, 0.1) is 5.92 Å². The van der Waals surface area contributed by atoms with Crippen molar-refractivity contribution in [1.82, 2.24) is 20.3 Å². The number of carbonyl (C=O) groups excluding carboxylic acids is 1. The number of aromatic nitrogens is 3. The molecular formula is C25H30BrN5O2S. The molecule has 0 spiro atoms. The van der Waals surface area contributed by atoms with Gasteiger partial charge in [-0.25, -0.2) is 15.0 Å². The van der Waals surface area contributed by atoms with Crippen molar-refractivity contribution in [2.75, 3.05) is 11.9 Å². The Hall–Kier alpha value is -2.36. The molecule has 1 aliphatic rings. The van der Waals surface area contributed by atoms with E-state index in [1.807, 2.05) is 65.0 Å². The van der Waals surface area contributed by atoms with E-state index in [9.17, 15) is 4.79 Å². The minimum absolute atomic E-state index is 0.000622. The number of anilines is 1. The highest BCUT2D eigenvalue weighted by atomic mass is 79.9. The van der Waals surface area contributed by atoms with Gasteiger partial charge in [0.05, 0.1) is 35.1 Å². The van der Waals surface area contributed by atoms with Crippen molar-refractivity contribution < 1.29 is 9.53 Å². The van der Waals surface area contributed by atoms with Gasteiger partial charge in [-0.05, 0) is 52.8 Å². The second-order valence-electron chi connectivity index (χ2n) is 9.57. The molecule has 1 saturated heterocycles. The zero-order valence-electron chi connectivity index (χ0n) is 20.0. The molecule has 4 rings (SSSR count). The Kier molecular flexibility index (Phi) is 7.35. The van der Waals surface area contributed by atoms with Crippen molar-refractivity contribution in [2.45, 2.75) is 58.3 Å². The maximum absolute atomic E-state index is 12.7. The summed E-state index contributed by atoms with van der Waals surface area (Å²) in [6.07, 6.45) is 1.60. The van der Waals surface area contributed by atoms with E-state index in [4.69, 9.17) is 14.7 Å². The minimum atomic E-state index is -0.375. The van der Waals surface area contributed by atoms with Gasteiger partial charge < -0.3 is 15.4 Å². The molecule has 34 heavy (non-hydrogen) atoms. The van der Waals surface area contributed by atoms with E-state index in [0.29, 0.717) is 18.2 Å².